The molecule has 218 valence electrons. The molecule has 3 amide bonds. The van der Waals surface area contributed by atoms with Gasteiger partial charge in [0.2, 0.25) is 0 Å². The van der Waals surface area contributed by atoms with E-state index in [2.05, 4.69) is 20.6 Å². The highest BCUT2D eigenvalue weighted by Gasteiger charge is 2.27. The number of ether oxygens (including phenoxy) is 2. The van der Waals surface area contributed by atoms with Gasteiger partial charge in [-0.25, -0.2) is 24.4 Å². The van der Waals surface area contributed by atoms with Crippen molar-refractivity contribution < 1.29 is 33.8 Å². The first-order valence-corrected chi connectivity index (χ1v) is 12.7. The average Bonchev–Trinajstić information content (AvgIpc) is 2.83. The second-order valence-corrected chi connectivity index (χ2v) is 11.1. The molecule has 1 fully saturated rings. The van der Waals surface area contributed by atoms with E-state index >= 15 is 0 Å². The Hall–Kier alpha value is -4.42. The van der Waals surface area contributed by atoms with E-state index in [-0.39, 0.29) is 23.6 Å². The minimum absolute atomic E-state index is 0.0317. The summed E-state index contributed by atoms with van der Waals surface area (Å²) in [7, 11) is 0. The maximum absolute atomic E-state index is 12.5. The molecule has 0 radical (unpaired) electrons. The van der Waals surface area contributed by atoms with E-state index in [4.69, 9.17) is 20.3 Å². The molecule has 3 rings (SSSR count). The second-order valence-electron chi connectivity index (χ2n) is 11.1. The summed E-state index contributed by atoms with van der Waals surface area (Å²) >= 11 is 0. The predicted octanol–water partition coefficient (Wildman–Crippen LogP) is 3.92. The summed E-state index contributed by atoms with van der Waals surface area (Å²) in [5.74, 6) is -0.619. The van der Waals surface area contributed by atoms with Crippen LogP contribution in [-0.4, -0.2) is 74.4 Å². The van der Waals surface area contributed by atoms with E-state index in [9.17, 15) is 19.2 Å². The summed E-state index contributed by atoms with van der Waals surface area (Å²) in [4.78, 5) is 55.9. The molecule has 2 aromatic rings. The minimum atomic E-state index is -0.993. The number of nitrogen functional groups attached to an aromatic ring is 1. The molecule has 1 aliphatic rings. The molecule has 0 aromatic carbocycles. The number of nitrogens with two attached hydrogens (primary N) is 1. The Morgan fingerprint density at radius 3 is 1.95 bits per heavy atom. The highest BCUT2D eigenvalue weighted by atomic mass is 16.6. The number of pyridine rings is 2. The fraction of sp³-hybridized carbons (Fsp3) is 0.481. The first-order valence-electron chi connectivity index (χ1n) is 12.7. The first-order chi connectivity index (χ1) is 18.5. The standard InChI is InChI=1S/C21H32N4O5.C6H6N2O2/c1-20(2,3)29-18(27)24-16-8-7-14(13-22-16)17(26)23-15-9-11-25(12-10-15)19(28)30-21(4,5)6;7-5-2-1-4(3-8-5)6(9)10/h7-8,13,15H,9-12H2,1-6H3,(H,23,26)(H,22,24,27);1-3H,(H2,7,8)(H,9,10). The summed E-state index contributed by atoms with van der Waals surface area (Å²) in [6, 6.07) is 5.96. The van der Waals surface area contributed by atoms with Crippen LogP contribution >= 0.6 is 0 Å². The fourth-order valence-electron chi connectivity index (χ4n) is 3.34. The summed E-state index contributed by atoms with van der Waals surface area (Å²) in [6.07, 6.45) is 2.98. The third-order valence-corrected chi connectivity index (χ3v) is 5.17. The van der Waals surface area contributed by atoms with Gasteiger partial charge < -0.3 is 30.5 Å². The molecule has 0 spiro atoms. The molecular weight excluding hydrogens is 520 g/mol. The Balaban J connectivity index is 0.000000469. The van der Waals surface area contributed by atoms with Crippen molar-refractivity contribution in [3.8, 4) is 0 Å². The fourth-order valence-corrected chi connectivity index (χ4v) is 3.34. The first kappa shape index (κ1) is 31.8. The Bertz CT molecular complexity index is 1160. The number of rotatable bonds is 4. The van der Waals surface area contributed by atoms with E-state index in [1.54, 1.807) is 37.8 Å². The third-order valence-electron chi connectivity index (χ3n) is 5.17. The number of carboxylic acid groups (broad SMARTS) is 1. The Labute approximate surface area is 233 Å². The molecule has 13 nitrogen and oxygen atoms in total. The zero-order valence-electron chi connectivity index (χ0n) is 23.7. The number of carbonyl (C=O) groups excluding carboxylic acids is 3. The molecule has 3 heterocycles. The van der Waals surface area contributed by atoms with Crippen molar-refractivity contribution in [3.05, 3.63) is 47.8 Å². The van der Waals surface area contributed by atoms with E-state index in [0.717, 1.165) is 0 Å². The third kappa shape index (κ3) is 11.5. The number of hydrogen-bond donors (Lipinski definition) is 4. The van der Waals surface area contributed by atoms with Gasteiger partial charge in [-0.1, -0.05) is 0 Å². The van der Waals surface area contributed by atoms with Crippen LogP contribution in [0.15, 0.2) is 36.7 Å². The number of carboxylic acids is 1. The Kier molecular flexibility index (Phi) is 10.8. The quantitative estimate of drug-likeness (QED) is 0.428. The van der Waals surface area contributed by atoms with Gasteiger partial charge in [0.1, 0.15) is 22.8 Å². The smallest absolute Gasteiger partial charge is 0.413 e. The van der Waals surface area contributed by atoms with Crippen molar-refractivity contribution in [2.24, 2.45) is 0 Å². The number of aromatic carboxylic acids is 1. The monoisotopic (exact) mass is 558 g/mol. The number of amides is 3. The second kappa shape index (κ2) is 13.6. The summed E-state index contributed by atoms with van der Waals surface area (Å²) in [5, 5.41) is 13.9. The van der Waals surface area contributed by atoms with Crippen LogP contribution in [0.5, 0.6) is 0 Å². The minimum Gasteiger partial charge on any atom is -0.478 e. The van der Waals surface area contributed by atoms with Gasteiger partial charge in [0.15, 0.2) is 0 Å². The predicted molar refractivity (Wildman–Crippen MR) is 148 cm³/mol. The molecule has 1 saturated heterocycles. The molecule has 0 aliphatic carbocycles. The van der Waals surface area contributed by atoms with Crippen molar-refractivity contribution in [1.29, 1.82) is 0 Å². The molecule has 0 saturated carbocycles. The number of aromatic nitrogens is 2. The lowest BCUT2D eigenvalue weighted by molar-refractivity contribution is 0.0199. The lowest BCUT2D eigenvalue weighted by Crippen LogP contribution is -2.47. The van der Waals surface area contributed by atoms with E-state index in [1.807, 2.05) is 20.8 Å². The number of piperidine rings is 1. The summed E-state index contributed by atoms with van der Waals surface area (Å²) in [6.45, 7) is 11.9. The van der Waals surface area contributed by atoms with E-state index < -0.39 is 23.3 Å². The molecule has 0 atom stereocenters. The van der Waals surface area contributed by atoms with Gasteiger partial charge >= 0.3 is 18.2 Å². The lowest BCUT2D eigenvalue weighted by Gasteiger charge is -2.33. The normalized spacial score (nSPS) is 13.8. The Morgan fingerprint density at radius 1 is 0.900 bits per heavy atom. The van der Waals surface area contributed by atoms with Crippen LogP contribution in [0.25, 0.3) is 0 Å². The Morgan fingerprint density at radius 2 is 1.48 bits per heavy atom. The maximum Gasteiger partial charge on any atom is 0.413 e. The van der Waals surface area contributed by atoms with Crippen molar-refractivity contribution in [2.45, 2.75) is 71.6 Å². The van der Waals surface area contributed by atoms with Crippen molar-refractivity contribution >= 4 is 35.7 Å². The van der Waals surface area contributed by atoms with Gasteiger partial charge in [0.05, 0.1) is 11.1 Å². The number of likely N-dealkylation sites (tertiary alicyclic amines) is 1. The van der Waals surface area contributed by atoms with E-state index in [0.29, 0.717) is 43.1 Å². The van der Waals surface area contributed by atoms with Crippen LogP contribution < -0.4 is 16.4 Å². The summed E-state index contributed by atoms with van der Waals surface area (Å²) in [5.41, 5.74) is 4.62. The van der Waals surface area contributed by atoms with Gasteiger partial charge in [0.25, 0.3) is 5.91 Å². The SMILES string of the molecule is CC(C)(C)OC(=O)Nc1ccc(C(=O)NC2CCN(C(=O)OC(C)(C)C)CC2)cn1.Nc1ccc(C(=O)O)cn1. The van der Waals surface area contributed by atoms with Gasteiger partial charge in [-0.2, -0.15) is 0 Å². The zero-order valence-corrected chi connectivity index (χ0v) is 23.7. The van der Waals surface area contributed by atoms with Gasteiger partial charge in [0, 0.05) is 31.5 Å². The number of nitrogens with zero attached hydrogens (tertiary/aromatic N) is 3. The van der Waals surface area contributed by atoms with Crippen molar-refractivity contribution in [2.75, 3.05) is 24.1 Å². The van der Waals surface area contributed by atoms with Crippen LogP contribution in [0.3, 0.4) is 0 Å². The number of carbonyl (C=O) groups is 4. The zero-order chi connectivity index (χ0) is 30.1. The molecular formula is C27H38N6O7. The van der Waals surface area contributed by atoms with Gasteiger partial charge in [-0.05, 0) is 78.6 Å². The number of anilines is 2. The molecule has 2 aromatic heterocycles. The molecule has 5 N–H and O–H groups in total. The average molecular weight is 559 g/mol. The number of nitrogens with one attached hydrogen (secondary N) is 2. The topological polar surface area (TPSA) is 186 Å². The van der Waals surface area contributed by atoms with Crippen LogP contribution in [0.2, 0.25) is 0 Å². The van der Waals surface area contributed by atoms with Gasteiger partial charge in [-0.3, -0.25) is 10.1 Å². The summed E-state index contributed by atoms with van der Waals surface area (Å²) < 4.78 is 10.5. The number of hydrogen-bond acceptors (Lipinski definition) is 9. The maximum atomic E-state index is 12.5. The van der Waals surface area contributed by atoms with Crippen molar-refractivity contribution in [3.63, 3.8) is 0 Å². The van der Waals surface area contributed by atoms with Crippen LogP contribution in [-0.2, 0) is 9.47 Å². The molecule has 13 heteroatoms. The van der Waals surface area contributed by atoms with Crippen LogP contribution in [0, 0.1) is 0 Å². The largest absolute Gasteiger partial charge is 0.478 e. The van der Waals surface area contributed by atoms with Crippen LogP contribution in [0.4, 0.5) is 21.2 Å². The molecule has 0 unspecified atom stereocenters. The van der Waals surface area contributed by atoms with Crippen LogP contribution in [0.1, 0.15) is 75.1 Å². The molecule has 0 bridgehead atoms. The lowest BCUT2D eigenvalue weighted by atomic mass is 10.0. The van der Waals surface area contributed by atoms with Gasteiger partial charge in [-0.15, -0.1) is 0 Å². The van der Waals surface area contributed by atoms with Crippen molar-refractivity contribution in [1.82, 2.24) is 20.2 Å². The highest BCUT2D eigenvalue weighted by molar-refractivity contribution is 5.94. The molecule has 40 heavy (non-hydrogen) atoms. The highest BCUT2D eigenvalue weighted by Crippen LogP contribution is 2.16. The molecule has 1 aliphatic heterocycles. The van der Waals surface area contributed by atoms with E-state index in [1.165, 1.54) is 24.5 Å².